The maximum atomic E-state index is 16.0. The van der Waals surface area contributed by atoms with Crippen molar-refractivity contribution in [1.82, 2.24) is 4.98 Å². The summed E-state index contributed by atoms with van der Waals surface area (Å²) in [5.41, 5.74) is 4.40. The van der Waals surface area contributed by atoms with Crippen LogP contribution in [0.4, 0.5) is 4.39 Å². The zero-order chi connectivity index (χ0) is 47.8. The van der Waals surface area contributed by atoms with Crippen LogP contribution in [0, 0.1) is 35.6 Å². The second kappa shape index (κ2) is 22.3. The molecule has 1 heterocycles. The lowest BCUT2D eigenvalue weighted by Crippen LogP contribution is -2.54. The molecule has 0 aromatic carbocycles. The average molecular weight is 937 g/mol. The minimum atomic E-state index is -2.38. The van der Waals surface area contributed by atoms with Crippen molar-refractivity contribution in [3.63, 3.8) is 0 Å². The first-order valence-electron chi connectivity index (χ1n) is 22.8. The van der Waals surface area contributed by atoms with Crippen LogP contribution in [0.1, 0.15) is 139 Å². The third-order valence-corrected chi connectivity index (χ3v) is 28.9. The maximum absolute atomic E-state index is 16.0. The highest BCUT2D eigenvalue weighted by atomic mass is 32.1. The Morgan fingerprint density at radius 2 is 1.34 bits per heavy atom. The van der Waals surface area contributed by atoms with Crippen molar-refractivity contribution in [3.05, 3.63) is 33.6 Å². The van der Waals surface area contributed by atoms with Gasteiger partial charge >= 0.3 is 0 Å². The third kappa shape index (κ3) is 17.9. The van der Waals surface area contributed by atoms with Crippen molar-refractivity contribution in [2.75, 3.05) is 0 Å². The van der Waals surface area contributed by atoms with E-state index in [1.165, 1.54) is 23.0 Å². The standard InChI is InChI=1S/C49H90FNO5SSi4/c1-36(29-30-42(54-59(18,19)46(4,5)6)41(50)34-39-35-57-38(3)51-39)26-24-27-37(2)44(56-61(22,23)48(10,11)12)40(28-25-33-58(15,16)17)45(53)49(13,14)43(31-32-52)55-60(20,21)47(7,8)9/h29,32,34-35,37,40,42-44H,24,26-28,30-31H2,1-23H3. The largest absolute Gasteiger partial charge is 0.413 e. The van der Waals surface area contributed by atoms with Crippen LogP contribution in [0.5, 0.6) is 0 Å². The van der Waals surface area contributed by atoms with Crippen molar-refractivity contribution in [3.8, 4) is 11.5 Å². The van der Waals surface area contributed by atoms with Gasteiger partial charge in [-0.25, -0.2) is 9.37 Å². The van der Waals surface area contributed by atoms with E-state index in [4.69, 9.17) is 13.3 Å². The van der Waals surface area contributed by atoms with Crippen molar-refractivity contribution >= 4 is 62.5 Å². The van der Waals surface area contributed by atoms with E-state index in [2.05, 4.69) is 158 Å². The van der Waals surface area contributed by atoms with Crippen molar-refractivity contribution in [1.29, 1.82) is 0 Å². The minimum Gasteiger partial charge on any atom is -0.413 e. The van der Waals surface area contributed by atoms with Gasteiger partial charge in [-0.1, -0.05) is 114 Å². The van der Waals surface area contributed by atoms with E-state index in [-0.39, 0.29) is 45.2 Å². The molecule has 61 heavy (non-hydrogen) atoms. The molecule has 0 saturated carbocycles. The lowest BCUT2D eigenvalue weighted by atomic mass is 9.71. The Hall–Kier alpha value is -1.31. The van der Waals surface area contributed by atoms with Gasteiger partial charge in [-0.05, 0) is 106 Å². The van der Waals surface area contributed by atoms with Gasteiger partial charge in [0.25, 0.3) is 0 Å². The van der Waals surface area contributed by atoms with Crippen LogP contribution in [0.2, 0.25) is 74.0 Å². The van der Waals surface area contributed by atoms with Crippen LogP contribution < -0.4 is 0 Å². The number of aldehydes is 1. The average Bonchev–Trinajstić information content (AvgIpc) is 3.48. The summed E-state index contributed by atoms with van der Waals surface area (Å²) in [5, 5.41) is 2.55. The molecule has 0 amide bonds. The Balaban J connectivity index is 3.66. The number of carbonyl (C=O) groups is 2. The van der Waals surface area contributed by atoms with Crippen LogP contribution in [0.3, 0.4) is 0 Å². The van der Waals surface area contributed by atoms with Gasteiger partial charge in [0.2, 0.25) is 0 Å². The molecule has 0 aliphatic rings. The first-order chi connectivity index (χ1) is 27.3. The monoisotopic (exact) mass is 936 g/mol. The molecule has 350 valence electrons. The van der Waals surface area contributed by atoms with E-state index in [9.17, 15) is 4.79 Å². The molecule has 0 radical (unpaired) electrons. The van der Waals surface area contributed by atoms with E-state index in [1.807, 2.05) is 26.2 Å². The summed E-state index contributed by atoms with van der Waals surface area (Å²) in [4.78, 5) is 32.1. The van der Waals surface area contributed by atoms with E-state index in [1.54, 1.807) is 0 Å². The molecule has 0 bridgehead atoms. The first kappa shape index (κ1) is 57.7. The number of hydrogen-bond acceptors (Lipinski definition) is 7. The Morgan fingerprint density at radius 3 is 1.80 bits per heavy atom. The summed E-state index contributed by atoms with van der Waals surface area (Å²) < 4.78 is 37.0. The number of rotatable bonds is 22. The highest BCUT2D eigenvalue weighted by molar-refractivity contribution is 7.09. The third-order valence-electron chi connectivity index (χ3n) is 13.7. The Bertz CT molecular complexity index is 1710. The molecule has 5 atom stereocenters. The molecule has 0 aliphatic carbocycles. The van der Waals surface area contributed by atoms with Crippen LogP contribution in [-0.2, 0) is 22.9 Å². The lowest BCUT2D eigenvalue weighted by Gasteiger charge is -2.46. The number of halogens is 1. The second-order valence-electron chi connectivity index (χ2n) is 23.9. The quantitative estimate of drug-likeness (QED) is 0.0499. The van der Waals surface area contributed by atoms with Crippen LogP contribution in [-0.4, -0.2) is 68.4 Å². The number of aryl methyl sites for hydroxylation is 1. The number of aromatic nitrogens is 1. The zero-order valence-corrected chi connectivity index (χ0v) is 48.0. The van der Waals surface area contributed by atoms with E-state index in [0.717, 1.165) is 30.6 Å². The number of hydrogen-bond donors (Lipinski definition) is 0. The molecule has 1 aromatic rings. The molecule has 0 fully saturated rings. The molecule has 12 heteroatoms. The Morgan fingerprint density at radius 1 is 0.836 bits per heavy atom. The highest BCUT2D eigenvalue weighted by Crippen LogP contribution is 2.45. The summed E-state index contributed by atoms with van der Waals surface area (Å²) in [6.45, 7) is 49.9. The minimum absolute atomic E-state index is 0.0443. The van der Waals surface area contributed by atoms with Gasteiger partial charge in [-0.2, -0.15) is 0 Å². The van der Waals surface area contributed by atoms with Crippen LogP contribution in [0.15, 0.2) is 22.9 Å². The van der Waals surface area contributed by atoms with Crippen molar-refractivity contribution in [2.45, 2.75) is 228 Å². The van der Waals surface area contributed by atoms with Crippen LogP contribution >= 0.6 is 11.3 Å². The predicted octanol–water partition coefficient (Wildman–Crippen LogP) is 15.1. The predicted molar refractivity (Wildman–Crippen MR) is 272 cm³/mol. The van der Waals surface area contributed by atoms with Gasteiger partial charge in [-0.15, -0.1) is 22.8 Å². The number of ketones is 1. The molecule has 0 saturated heterocycles. The molecule has 0 aliphatic heterocycles. The number of nitrogens with zero attached hydrogens (tertiary/aromatic N) is 1. The summed E-state index contributed by atoms with van der Waals surface area (Å²) >= 11 is 1.51. The number of carbonyl (C=O) groups excluding carboxylic acids is 2. The Labute approximate surface area is 382 Å². The first-order valence-corrected chi connectivity index (χ1v) is 35.9. The van der Waals surface area contributed by atoms with E-state index >= 15 is 9.18 Å². The second-order valence-corrected chi connectivity index (χ2v) is 44.0. The number of thiazole rings is 1. The van der Waals surface area contributed by atoms with Gasteiger partial charge in [0.15, 0.2) is 25.0 Å². The van der Waals surface area contributed by atoms with Crippen molar-refractivity contribution in [2.24, 2.45) is 17.3 Å². The molecule has 0 N–H and O–H groups in total. The van der Waals surface area contributed by atoms with Gasteiger partial charge in [0.1, 0.15) is 32.1 Å². The molecular formula is C49H90FNO5SSi4. The fraction of sp³-hybridized carbons (Fsp3) is 0.776. The SMILES string of the molecule is CC(=CCC(O[Si](C)(C)C(C)(C)C)C(F)=Cc1csc(C)n1)CCCC(C)C(O[Si](C)(C)C(C)(C)C)C(CC#C[Si](C)(C)C)C(=O)C(C)(C)C(CC=O)O[Si](C)(C)C(C)(C)C. The smallest absolute Gasteiger partial charge is 0.193 e. The van der Waals surface area contributed by atoms with Gasteiger partial charge in [0.05, 0.1) is 28.8 Å². The van der Waals surface area contributed by atoms with Crippen LogP contribution in [0.25, 0.3) is 6.08 Å². The zero-order valence-electron chi connectivity index (χ0n) is 43.2. The maximum Gasteiger partial charge on any atom is 0.193 e. The number of Topliss-reactive ketones (excluding diaryl/α,β-unsaturated/α-hetero) is 1. The molecule has 1 rings (SSSR count). The molecule has 0 spiro atoms. The highest BCUT2D eigenvalue weighted by Gasteiger charge is 2.50. The molecular weight excluding hydrogens is 846 g/mol. The molecule has 5 unspecified atom stereocenters. The van der Waals surface area contributed by atoms with E-state index < -0.39 is 56.6 Å². The fourth-order valence-electron chi connectivity index (χ4n) is 6.35. The summed E-state index contributed by atoms with van der Waals surface area (Å²) in [7, 11) is -8.74. The molecule has 1 aromatic heterocycles. The lowest BCUT2D eigenvalue weighted by molar-refractivity contribution is -0.141. The van der Waals surface area contributed by atoms with Gasteiger partial charge in [-0.3, -0.25) is 4.79 Å². The van der Waals surface area contributed by atoms with Crippen molar-refractivity contribution < 1.29 is 27.3 Å². The normalized spacial score (nSPS) is 17.0. The molecule has 6 nitrogen and oxygen atoms in total. The number of allylic oxidation sites excluding steroid dienone is 1. The fourth-order valence-corrected chi connectivity index (χ4v) is 11.7. The summed E-state index contributed by atoms with van der Waals surface area (Å²) in [6.07, 6.45) is 6.53. The summed E-state index contributed by atoms with van der Waals surface area (Å²) in [5.74, 6) is 2.82. The van der Waals surface area contributed by atoms with Gasteiger partial charge in [0, 0.05) is 23.6 Å². The van der Waals surface area contributed by atoms with E-state index in [0.29, 0.717) is 18.5 Å². The van der Waals surface area contributed by atoms with Gasteiger partial charge < -0.3 is 18.1 Å². The summed E-state index contributed by atoms with van der Waals surface area (Å²) in [6, 6.07) is 0. The topological polar surface area (TPSA) is 74.7 Å². The Kier molecular flexibility index (Phi) is 21.0.